The quantitative estimate of drug-likeness (QED) is 0.590. The molecule has 2 rings (SSSR count). The average molecular weight is 146 g/mol. The summed E-state index contributed by atoms with van der Waals surface area (Å²) in [6.45, 7) is 0. The van der Waals surface area contributed by atoms with Crippen molar-refractivity contribution in [3.63, 3.8) is 0 Å². The number of imidazole rings is 1. The van der Waals surface area contributed by atoms with Crippen molar-refractivity contribution < 1.29 is 4.57 Å². The molecule has 0 aliphatic heterocycles. The minimum Gasteiger partial charge on any atom is -0.260 e. The molecule has 1 N–H and O–H groups in total. The van der Waals surface area contributed by atoms with Crippen LogP contribution in [0, 0.1) is 0 Å². The first-order chi connectivity index (χ1) is 5.47. The lowest BCUT2D eigenvalue weighted by Crippen LogP contribution is -2.26. The number of H-pyrrole nitrogens is 1. The topological polar surface area (TPSA) is 32.6 Å². The van der Waals surface area contributed by atoms with Gasteiger partial charge in [0, 0.05) is 6.20 Å². The lowest BCUT2D eigenvalue weighted by molar-refractivity contribution is -0.594. The normalized spacial score (nSPS) is 9.82. The summed E-state index contributed by atoms with van der Waals surface area (Å²) in [6, 6.07) is 3.91. The van der Waals surface area contributed by atoms with Crippen LogP contribution in [0.1, 0.15) is 0 Å². The van der Waals surface area contributed by atoms with Crippen molar-refractivity contribution in [2.45, 2.75) is 0 Å². The van der Waals surface area contributed by atoms with Crippen molar-refractivity contribution in [2.75, 3.05) is 0 Å². The number of hydrogen-bond donors (Lipinski definition) is 1. The molecule has 0 bridgehead atoms. The van der Waals surface area contributed by atoms with E-state index >= 15 is 0 Å². The summed E-state index contributed by atoms with van der Waals surface area (Å²) in [6.07, 6.45) is 9.26. The minimum absolute atomic E-state index is 1.06. The van der Waals surface area contributed by atoms with Crippen molar-refractivity contribution in [2.24, 2.45) is 0 Å². The molecule has 2 heterocycles. The number of nitrogens with zero attached hydrogens (tertiary/aromatic N) is 2. The van der Waals surface area contributed by atoms with Gasteiger partial charge in [-0.2, -0.15) is 0 Å². The first-order valence-electron chi connectivity index (χ1n) is 3.41. The molecule has 54 valence electrons. The highest BCUT2D eigenvalue weighted by Gasteiger charge is 1.98. The molecule has 2 aromatic rings. The van der Waals surface area contributed by atoms with E-state index in [0.29, 0.717) is 0 Å². The van der Waals surface area contributed by atoms with Crippen LogP contribution in [0.15, 0.2) is 43.2 Å². The zero-order chi connectivity index (χ0) is 7.52. The van der Waals surface area contributed by atoms with E-state index in [1.807, 2.05) is 41.6 Å². The third-order valence-corrected chi connectivity index (χ3v) is 1.49. The van der Waals surface area contributed by atoms with Crippen LogP contribution in [0.2, 0.25) is 0 Å². The van der Waals surface area contributed by atoms with Gasteiger partial charge in [-0.25, -0.2) is 9.55 Å². The van der Waals surface area contributed by atoms with Crippen molar-refractivity contribution in [3.8, 4) is 5.69 Å². The molecule has 0 saturated heterocycles. The van der Waals surface area contributed by atoms with Gasteiger partial charge in [0.2, 0.25) is 6.33 Å². The second-order valence-corrected chi connectivity index (χ2v) is 2.23. The highest BCUT2D eigenvalue weighted by molar-refractivity contribution is 5.15. The zero-order valence-electron chi connectivity index (χ0n) is 5.94. The van der Waals surface area contributed by atoms with Crippen LogP contribution in [0.5, 0.6) is 0 Å². The Morgan fingerprint density at radius 3 is 3.09 bits per heavy atom. The maximum atomic E-state index is 4.01. The monoisotopic (exact) mass is 146 g/mol. The Morgan fingerprint density at radius 2 is 2.45 bits per heavy atom. The van der Waals surface area contributed by atoms with E-state index in [1.165, 1.54) is 0 Å². The molecule has 2 aromatic heterocycles. The Morgan fingerprint density at radius 1 is 1.45 bits per heavy atom. The molecule has 0 fully saturated rings. The van der Waals surface area contributed by atoms with Gasteiger partial charge in [-0.1, -0.05) is 0 Å². The molecule has 0 saturated carbocycles. The Hall–Kier alpha value is -1.64. The van der Waals surface area contributed by atoms with Gasteiger partial charge in [-0.15, -0.1) is 0 Å². The Bertz CT molecular complexity index is 312. The van der Waals surface area contributed by atoms with Crippen molar-refractivity contribution in [3.05, 3.63) is 43.2 Å². The molecule has 0 spiro atoms. The highest BCUT2D eigenvalue weighted by atomic mass is 15.0. The van der Waals surface area contributed by atoms with Gasteiger partial charge < -0.3 is 0 Å². The smallest absolute Gasteiger partial charge is 0.246 e. The average Bonchev–Trinajstić information content (AvgIpc) is 2.58. The standard InChI is InChI=1S/C8H7N3/c1-2-8(6-9-3-1)11-5-4-10-7-11/h1-7H/p+1. The fraction of sp³-hybridized carbons (Fsp3) is 0. The summed E-state index contributed by atoms with van der Waals surface area (Å²) in [5.41, 5.74) is 1.06. The number of aromatic nitrogens is 3. The number of pyridine rings is 1. The summed E-state index contributed by atoms with van der Waals surface area (Å²) in [5.74, 6) is 0. The van der Waals surface area contributed by atoms with Gasteiger partial charge in [0.05, 0.1) is 6.20 Å². The van der Waals surface area contributed by atoms with Crippen LogP contribution in [0.4, 0.5) is 0 Å². The number of nitrogens with one attached hydrogen (secondary N) is 1. The molecule has 0 aliphatic rings. The predicted molar refractivity (Wildman–Crippen MR) is 40.1 cm³/mol. The van der Waals surface area contributed by atoms with Crippen molar-refractivity contribution in [1.82, 2.24) is 9.97 Å². The van der Waals surface area contributed by atoms with Crippen LogP contribution in [-0.4, -0.2) is 9.97 Å². The number of rotatable bonds is 1. The van der Waals surface area contributed by atoms with Crippen molar-refractivity contribution in [1.29, 1.82) is 0 Å². The SMILES string of the molecule is c1cncc(-[n+]2cc[nH]c2)c1. The van der Waals surface area contributed by atoms with Gasteiger partial charge in [0.25, 0.3) is 0 Å². The third-order valence-electron chi connectivity index (χ3n) is 1.49. The van der Waals surface area contributed by atoms with Gasteiger partial charge in [-0.3, -0.25) is 4.98 Å². The lowest BCUT2D eigenvalue weighted by Gasteiger charge is -1.90. The van der Waals surface area contributed by atoms with E-state index < -0.39 is 0 Å². The number of hydrogen-bond acceptors (Lipinski definition) is 1. The maximum absolute atomic E-state index is 4.01. The lowest BCUT2D eigenvalue weighted by atomic mass is 10.4. The second-order valence-electron chi connectivity index (χ2n) is 2.23. The van der Waals surface area contributed by atoms with E-state index in [-0.39, 0.29) is 0 Å². The minimum atomic E-state index is 1.06. The van der Waals surface area contributed by atoms with E-state index in [1.54, 1.807) is 6.20 Å². The van der Waals surface area contributed by atoms with Crippen LogP contribution in [0.25, 0.3) is 5.69 Å². The summed E-state index contributed by atoms with van der Waals surface area (Å²) in [4.78, 5) is 6.97. The summed E-state index contributed by atoms with van der Waals surface area (Å²) in [7, 11) is 0. The maximum Gasteiger partial charge on any atom is 0.246 e. The molecule has 0 aliphatic carbocycles. The first kappa shape index (κ1) is 6.09. The Kier molecular flexibility index (Phi) is 1.41. The van der Waals surface area contributed by atoms with Gasteiger partial charge >= 0.3 is 0 Å². The van der Waals surface area contributed by atoms with Crippen LogP contribution >= 0.6 is 0 Å². The van der Waals surface area contributed by atoms with Gasteiger partial charge in [0.1, 0.15) is 18.1 Å². The van der Waals surface area contributed by atoms with Crippen LogP contribution in [0.3, 0.4) is 0 Å². The van der Waals surface area contributed by atoms with E-state index in [4.69, 9.17) is 0 Å². The van der Waals surface area contributed by atoms with E-state index in [9.17, 15) is 0 Å². The number of aromatic amines is 1. The molecular formula is C8H8N3+. The molecule has 11 heavy (non-hydrogen) atoms. The highest BCUT2D eigenvalue weighted by Crippen LogP contribution is 1.92. The fourth-order valence-electron chi connectivity index (χ4n) is 0.957. The Balaban J connectivity index is 2.46. The second kappa shape index (κ2) is 2.54. The van der Waals surface area contributed by atoms with E-state index in [2.05, 4.69) is 9.97 Å². The summed E-state index contributed by atoms with van der Waals surface area (Å²) >= 11 is 0. The summed E-state index contributed by atoms with van der Waals surface area (Å²) < 4.78 is 1.97. The third kappa shape index (κ3) is 1.12. The molecule has 0 aromatic carbocycles. The molecule has 3 heteroatoms. The van der Waals surface area contributed by atoms with E-state index in [0.717, 1.165) is 5.69 Å². The molecule has 0 radical (unpaired) electrons. The summed E-state index contributed by atoms with van der Waals surface area (Å²) in [5, 5.41) is 0. The molecular weight excluding hydrogens is 138 g/mol. The predicted octanol–water partition coefficient (Wildman–Crippen LogP) is 0.686. The molecule has 0 atom stereocenters. The van der Waals surface area contributed by atoms with Gasteiger partial charge in [-0.05, 0) is 12.1 Å². The van der Waals surface area contributed by atoms with Crippen LogP contribution < -0.4 is 4.57 Å². The van der Waals surface area contributed by atoms with Crippen LogP contribution in [-0.2, 0) is 0 Å². The zero-order valence-corrected chi connectivity index (χ0v) is 5.94. The molecule has 3 nitrogen and oxygen atoms in total. The van der Waals surface area contributed by atoms with Gasteiger partial charge in [0.15, 0.2) is 0 Å². The fourth-order valence-corrected chi connectivity index (χ4v) is 0.957. The van der Waals surface area contributed by atoms with Crippen molar-refractivity contribution >= 4 is 0 Å². The first-order valence-corrected chi connectivity index (χ1v) is 3.41. The largest absolute Gasteiger partial charge is 0.260 e. The molecule has 0 unspecified atom stereocenters. The Labute approximate surface area is 64.3 Å². The molecule has 0 amide bonds.